The molecule has 0 fully saturated rings. The minimum absolute atomic E-state index is 0.0307. The number of carboxylic acids is 1. The molecule has 112 valence electrons. The van der Waals surface area contributed by atoms with Crippen LogP contribution in [0.15, 0.2) is 48.5 Å². The third kappa shape index (κ3) is 2.86. The van der Waals surface area contributed by atoms with E-state index in [1.165, 1.54) is 5.56 Å². The van der Waals surface area contributed by atoms with E-state index in [2.05, 4.69) is 23.6 Å². The number of carboxylic acid groups (broad SMARTS) is 1. The Labute approximate surface area is 129 Å². The van der Waals surface area contributed by atoms with E-state index in [-0.39, 0.29) is 6.42 Å². The lowest BCUT2D eigenvalue weighted by atomic mass is 10.1. The minimum Gasteiger partial charge on any atom is -0.481 e. The normalized spacial score (nSPS) is 11.0. The number of fused-ring (bicyclic) bond motifs is 1. The highest BCUT2D eigenvalue weighted by Crippen LogP contribution is 2.20. The number of rotatable bonds is 5. The van der Waals surface area contributed by atoms with Gasteiger partial charge in [-0.05, 0) is 30.2 Å². The Hall–Kier alpha value is -2.62. The fourth-order valence-corrected chi connectivity index (χ4v) is 2.78. The van der Waals surface area contributed by atoms with Gasteiger partial charge in [-0.2, -0.15) is 0 Å². The van der Waals surface area contributed by atoms with Crippen molar-refractivity contribution in [3.63, 3.8) is 0 Å². The molecule has 0 aliphatic carbocycles. The van der Waals surface area contributed by atoms with E-state index in [0.29, 0.717) is 0 Å². The molecule has 0 amide bonds. The SMILES string of the molecule is CCn1c(Cc2ccccc2)nc2cc(CC(=O)O)ccc21. The number of benzene rings is 2. The Balaban J connectivity index is 2.01. The summed E-state index contributed by atoms with van der Waals surface area (Å²) < 4.78 is 2.19. The Kier molecular flexibility index (Phi) is 3.92. The average Bonchev–Trinajstić information content (AvgIpc) is 2.83. The van der Waals surface area contributed by atoms with Crippen LogP contribution in [0.3, 0.4) is 0 Å². The van der Waals surface area contributed by atoms with Crippen molar-refractivity contribution >= 4 is 17.0 Å². The predicted octanol–water partition coefficient (Wildman–Crippen LogP) is 3.27. The highest BCUT2D eigenvalue weighted by molar-refractivity contribution is 5.79. The summed E-state index contributed by atoms with van der Waals surface area (Å²) in [7, 11) is 0. The van der Waals surface area contributed by atoms with E-state index in [1.807, 2.05) is 36.4 Å². The van der Waals surface area contributed by atoms with Crippen LogP contribution in [0.5, 0.6) is 0 Å². The molecule has 0 unspecified atom stereocenters. The van der Waals surface area contributed by atoms with Crippen molar-refractivity contribution in [2.24, 2.45) is 0 Å². The van der Waals surface area contributed by atoms with Crippen LogP contribution in [0, 0.1) is 0 Å². The molecule has 0 bridgehead atoms. The number of aromatic nitrogens is 2. The number of aryl methyl sites for hydroxylation is 1. The third-order valence-electron chi connectivity index (χ3n) is 3.77. The lowest BCUT2D eigenvalue weighted by Gasteiger charge is -2.06. The molecular weight excluding hydrogens is 276 g/mol. The van der Waals surface area contributed by atoms with Gasteiger partial charge in [-0.3, -0.25) is 4.79 Å². The van der Waals surface area contributed by atoms with Crippen LogP contribution in [0.25, 0.3) is 11.0 Å². The zero-order valence-corrected chi connectivity index (χ0v) is 12.5. The molecule has 4 nitrogen and oxygen atoms in total. The highest BCUT2D eigenvalue weighted by atomic mass is 16.4. The topological polar surface area (TPSA) is 55.1 Å². The molecule has 3 aromatic rings. The van der Waals surface area contributed by atoms with E-state index in [4.69, 9.17) is 10.1 Å². The van der Waals surface area contributed by atoms with Crippen molar-refractivity contribution in [2.45, 2.75) is 26.3 Å². The van der Waals surface area contributed by atoms with Gasteiger partial charge in [0.05, 0.1) is 17.5 Å². The first kappa shape index (κ1) is 14.3. The molecule has 0 aliphatic rings. The van der Waals surface area contributed by atoms with Crippen molar-refractivity contribution < 1.29 is 9.90 Å². The lowest BCUT2D eigenvalue weighted by Crippen LogP contribution is -2.02. The smallest absolute Gasteiger partial charge is 0.307 e. The summed E-state index contributed by atoms with van der Waals surface area (Å²) in [6.07, 6.45) is 0.806. The molecule has 22 heavy (non-hydrogen) atoms. The third-order valence-corrected chi connectivity index (χ3v) is 3.77. The molecule has 3 rings (SSSR count). The van der Waals surface area contributed by atoms with Crippen LogP contribution in [-0.2, 0) is 24.2 Å². The van der Waals surface area contributed by atoms with E-state index < -0.39 is 5.97 Å². The lowest BCUT2D eigenvalue weighted by molar-refractivity contribution is -0.136. The van der Waals surface area contributed by atoms with Crippen LogP contribution >= 0.6 is 0 Å². The Morgan fingerprint density at radius 3 is 2.59 bits per heavy atom. The largest absolute Gasteiger partial charge is 0.481 e. The average molecular weight is 294 g/mol. The van der Waals surface area contributed by atoms with E-state index in [1.54, 1.807) is 0 Å². The van der Waals surface area contributed by atoms with Gasteiger partial charge in [0.25, 0.3) is 0 Å². The van der Waals surface area contributed by atoms with Gasteiger partial charge in [-0.25, -0.2) is 4.98 Å². The molecule has 4 heteroatoms. The van der Waals surface area contributed by atoms with Crippen molar-refractivity contribution in [1.82, 2.24) is 9.55 Å². The van der Waals surface area contributed by atoms with Crippen LogP contribution < -0.4 is 0 Å². The molecule has 0 atom stereocenters. The standard InChI is InChI=1S/C18H18N2O2/c1-2-20-16-9-8-14(12-18(21)22)10-15(16)19-17(20)11-13-6-4-3-5-7-13/h3-10H,2,11-12H2,1H3,(H,21,22). The molecular formula is C18H18N2O2. The second-order valence-corrected chi connectivity index (χ2v) is 5.33. The van der Waals surface area contributed by atoms with Crippen molar-refractivity contribution in [3.05, 3.63) is 65.5 Å². The maximum Gasteiger partial charge on any atom is 0.307 e. The van der Waals surface area contributed by atoms with Gasteiger partial charge in [0, 0.05) is 13.0 Å². The first-order chi connectivity index (χ1) is 10.7. The number of hydrogen-bond donors (Lipinski definition) is 1. The molecule has 2 aromatic carbocycles. The van der Waals surface area contributed by atoms with Gasteiger partial charge >= 0.3 is 5.97 Å². The summed E-state index contributed by atoms with van der Waals surface area (Å²) in [6.45, 7) is 2.94. The molecule has 1 aromatic heterocycles. The highest BCUT2D eigenvalue weighted by Gasteiger charge is 2.11. The number of hydrogen-bond acceptors (Lipinski definition) is 2. The van der Waals surface area contributed by atoms with Gasteiger partial charge < -0.3 is 9.67 Å². The zero-order chi connectivity index (χ0) is 15.5. The summed E-state index contributed by atoms with van der Waals surface area (Å²) in [4.78, 5) is 15.6. The fourth-order valence-electron chi connectivity index (χ4n) is 2.78. The van der Waals surface area contributed by atoms with Gasteiger partial charge in [-0.15, -0.1) is 0 Å². The molecule has 0 spiro atoms. The number of nitrogens with zero attached hydrogens (tertiary/aromatic N) is 2. The maximum atomic E-state index is 10.8. The second-order valence-electron chi connectivity index (χ2n) is 5.33. The van der Waals surface area contributed by atoms with Crippen LogP contribution in [0.4, 0.5) is 0 Å². The number of aliphatic carboxylic acids is 1. The maximum absolute atomic E-state index is 10.8. The Morgan fingerprint density at radius 2 is 1.91 bits per heavy atom. The zero-order valence-electron chi connectivity index (χ0n) is 12.5. The monoisotopic (exact) mass is 294 g/mol. The number of carbonyl (C=O) groups is 1. The molecule has 0 aliphatic heterocycles. The molecule has 0 saturated heterocycles. The summed E-state index contributed by atoms with van der Waals surface area (Å²) in [5, 5.41) is 8.91. The summed E-state index contributed by atoms with van der Waals surface area (Å²) in [5.41, 5.74) is 3.93. The van der Waals surface area contributed by atoms with Gasteiger partial charge in [-0.1, -0.05) is 36.4 Å². The Bertz CT molecular complexity index is 807. The van der Waals surface area contributed by atoms with Gasteiger partial charge in [0.15, 0.2) is 0 Å². The van der Waals surface area contributed by atoms with Crippen LogP contribution in [0.2, 0.25) is 0 Å². The quantitative estimate of drug-likeness (QED) is 0.785. The molecule has 0 radical (unpaired) electrons. The van der Waals surface area contributed by atoms with Crippen molar-refractivity contribution in [1.29, 1.82) is 0 Å². The van der Waals surface area contributed by atoms with Gasteiger partial charge in [0.2, 0.25) is 0 Å². The predicted molar refractivity (Wildman–Crippen MR) is 86.0 cm³/mol. The molecule has 1 N–H and O–H groups in total. The second kappa shape index (κ2) is 6.02. The van der Waals surface area contributed by atoms with E-state index >= 15 is 0 Å². The van der Waals surface area contributed by atoms with Crippen molar-refractivity contribution in [3.8, 4) is 0 Å². The molecule has 1 heterocycles. The summed E-state index contributed by atoms with van der Waals surface area (Å²) in [6, 6.07) is 16.0. The van der Waals surface area contributed by atoms with Crippen molar-refractivity contribution in [2.75, 3.05) is 0 Å². The first-order valence-electron chi connectivity index (χ1n) is 7.41. The minimum atomic E-state index is -0.821. The first-order valence-corrected chi connectivity index (χ1v) is 7.41. The van der Waals surface area contributed by atoms with E-state index in [9.17, 15) is 4.79 Å². The number of imidazole rings is 1. The summed E-state index contributed by atoms with van der Waals surface area (Å²) >= 11 is 0. The van der Waals surface area contributed by atoms with Gasteiger partial charge in [0.1, 0.15) is 5.82 Å². The van der Waals surface area contributed by atoms with Crippen LogP contribution in [-0.4, -0.2) is 20.6 Å². The summed E-state index contributed by atoms with van der Waals surface area (Å²) in [5.74, 6) is 0.190. The fraction of sp³-hybridized carbons (Fsp3) is 0.222. The molecule has 0 saturated carbocycles. The Morgan fingerprint density at radius 1 is 1.14 bits per heavy atom. The van der Waals surface area contributed by atoms with Crippen LogP contribution in [0.1, 0.15) is 23.9 Å². The van der Waals surface area contributed by atoms with E-state index in [0.717, 1.165) is 35.4 Å².